The first-order valence-corrected chi connectivity index (χ1v) is 8.64. The summed E-state index contributed by atoms with van der Waals surface area (Å²) >= 11 is 0. The number of aromatic hydroxyl groups is 1. The molecular formula is C22H19N3O2. The highest BCUT2D eigenvalue weighted by molar-refractivity contribution is 5.86. The number of nitrogens with zero attached hydrogens (tertiary/aromatic N) is 2. The number of hydrogen-bond acceptors (Lipinski definition) is 5. The minimum absolute atomic E-state index is 0.208. The number of rotatable bonds is 5. The van der Waals surface area contributed by atoms with Crippen LogP contribution in [-0.4, -0.2) is 22.2 Å². The predicted molar refractivity (Wildman–Crippen MR) is 106 cm³/mol. The molecule has 2 N–H and O–H groups in total. The molecule has 0 amide bonds. The van der Waals surface area contributed by atoms with Gasteiger partial charge in [0.2, 0.25) is 0 Å². The molecule has 4 rings (SSSR count). The van der Waals surface area contributed by atoms with Gasteiger partial charge in [0, 0.05) is 23.3 Å². The van der Waals surface area contributed by atoms with Crippen LogP contribution in [0.4, 0.5) is 5.82 Å². The molecule has 0 aliphatic heterocycles. The Kier molecular flexibility index (Phi) is 4.58. The second-order valence-corrected chi connectivity index (χ2v) is 6.13. The van der Waals surface area contributed by atoms with Crippen molar-refractivity contribution in [3.63, 3.8) is 0 Å². The third-order valence-corrected chi connectivity index (χ3v) is 4.50. The molecule has 1 atom stereocenters. The highest BCUT2D eigenvalue weighted by Crippen LogP contribution is 2.37. The molecule has 2 heterocycles. The second-order valence-electron chi connectivity index (χ2n) is 6.13. The molecule has 0 saturated heterocycles. The Balaban J connectivity index is 1.88. The van der Waals surface area contributed by atoms with E-state index in [0.717, 1.165) is 33.6 Å². The molecule has 0 bridgehead atoms. The van der Waals surface area contributed by atoms with E-state index in [9.17, 15) is 5.11 Å². The van der Waals surface area contributed by atoms with E-state index < -0.39 is 0 Å². The fraction of sp³-hybridized carbons (Fsp3) is 0.0909. The van der Waals surface area contributed by atoms with Gasteiger partial charge >= 0.3 is 0 Å². The third kappa shape index (κ3) is 3.40. The van der Waals surface area contributed by atoms with Crippen molar-refractivity contribution in [2.75, 3.05) is 12.4 Å². The van der Waals surface area contributed by atoms with Crippen molar-refractivity contribution in [1.82, 2.24) is 9.97 Å². The van der Waals surface area contributed by atoms with Crippen molar-refractivity contribution in [3.05, 3.63) is 90.3 Å². The van der Waals surface area contributed by atoms with E-state index >= 15 is 0 Å². The number of nitrogens with one attached hydrogen (secondary N) is 1. The van der Waals surface area contributed by atoms with Crippen LogP contribution in [0.1, 0.15) is 17.2 Å². The third-order valence-electron chi connectivity index (χ3n) is 4.50. The van der Waals surface area contributed by atoms with Gasteiger partial charge < -0.3 is 15.2 Å². The van der Waals surface area contributed by atoms with Crippen molar-refractivity contribution in [1.29, 1.82) is 0 Å². The van der Waals surface area contributed by atoms with Crippen molar-refractivity contribution < 1.29 is 9.84 Å². The number of methoxy groups -OCH3 is 1. The molecule has 134 valence electrons. The van der Waals surface area contributed by atoms with Crippen LogP contribution in [0.3, 0.4) is 0 Å². The number of aromatic nitrogens is 2. The van der Waals surface area contributed by atoms with Crippen LogP contribution in [0, 0.1) is 0 Å². The summed E-state index contributed by atoms with van der Waals surface area (Å²) in [5.74, 6) is 1.71. The molecule has 0 aliphatic rings. The highest BCUT2D eigenvalue weighted by Gasteiger charge is 2.21. The monoisotopic (exact) mass is 357 g/mol. The first-order chi connectivity index (χ1) is 13.3. The van der Waals surface area contributed by atoms with Crippen LogP contribution in [0.15, 0.2) is 79.1 Å². The largest absolute Gasteiger partial charge is 0.508 e. The Morgan fingerprint density at radius 3 is 2.44 bits per heavy atom. The average Bonchev–Trinajstić information content (AvgIpc) is 2.73. The van der Waals surface area contributed by atoms with E-state index in [1.807, 2.05) is 60.7 Å². The smallest absolute Gasteiger partial charge is 0.126 e. The van der Waals surface area contributed by atoms with Gasteiger partial charge in [-0.3, -0.25) is 4.98 Å². The maximum absolute atomic E-state index is 10.7. The number of benzene rings is 2. The van der Waals surface area contributed by atoms with Gasteiger partial charge in [0.25, 0.3) is 0 Å². The quantitative estimate of drug-likeness (QED) is 0.549. The average molecular weight is 357 g/mol. The molecule has 5 nitrogen and oxygen atoms in total. The summed E-state index contributed by atoms with van der Waals surface area (Å²) in [4.78, 5) is 8.80. The zero-order chi connectivity index (χ0) is 18.6. The number of fused-ring (bicyclic) bond motifs is 1. The molecule has 2 aromatic heterocycles. The molecule has 4 aromatic rings. The molecule has 0 radical (unpaired) electrons. The van der Waals surface area contributed by atoms with Gasteiger partial charge in [-0.05, 0) is 48.0 Å². The Hall–Kier alpha value is -3.60. The first kappa shape index (κ1) is 16.8. The van der Waals surface area contributed by atoms with Crippen molar-refractivity contribution >= 4 is 16.7 Å². The van der Waals surface area contributed by atoms with Gasteiger partial charge in [0.1, 0.15) is 17.3 Å². The van der Waals surface area contributed by atoms with Gasteiger partial charge in [-0.1, -0.05) is 24.3 Å². The van der Waals surface area contributed by atoms with Crippen LogP contribution >= 0.6 is 0 Å². The van der Waals surface area contributed by atoms with Gasteiger partial charge in [-0.2, -0.15) is 0 Å². The number of hydrogen-bond donors (Lipinski definition) is 2. The van der Waals surface area contributed by atoms with Gasteiger partial charge in [-0.25, -0.2) is 4.98 Å². The number of anilines is 1. The van der Waals surface area contributed by atoms with E-state index in [1.165, 1.54) is 0 Å². The van der Waals surface area contributed by atoms with Crippen LogP contribution < -0.4 is 10.1 Å². The molecule has 27 heavy (non-hydrogen) atoms. The molecule has 2 aromatic carbocycles. The maximum Gasteiger partial charge on any atom is 0.126 e. The van der Waals surface area contributed by atoms with Crippen LogP contribution in [0.25, 0.3) is 10.9 Å². The number of pyridine rings is 2. The summed E-state index contributed by atoms with van der Waals surface area (Å²) in [7, 11) is 1.64. The summed E-state index contributed by atoms with van der Waals surface area (Å²) in [6.45, 7) is 0. The standard InChI is InChI=1S/C22H19N3O2/c1-27-16-9-7-15(8-10-16)22(25-20-6-2-3-13-24-20)21-17-5-4-14-23-18(17)11-12-19(21)26/h2-14,22,26H,1H3,(H,24,25). The van der Waals surface area contributed by atoms with Crippen molar-refractivity contribution in [2.24, 2.45) is 0 Å². The normalized spacial score (nSPS) is 11.9. The SMILES string of the molecule is COc1ccc(C(Nc2ccccn2)c2c(O)ccc3ncccc23)cc1. The number of phenolic OH excluding ortho intramolecular Hbond substituents is 1. The summed E-state index contributed by atoms with van der Waals surface area (Å²) in [6.07, 6.45) is 3.48. The van der Waals surface area contributed by atoms with E-state index in [-0.39, 0.29) is 11.8 Å². The predicted octanol–water partition coefficient (Wildman–Crippen LogP) is 4.55. The maximum atomic E-state index is 10.7. The fourth-order valence-corrected chi connectivity index (χ4v) is 3.18. The molecule has 0 aliphatic carbocycles. The lowest BCUT2D eigenvalue weighted by Crippen LogP contribution is -2.14. The zero-order valence-electron chi connectivity index (χ0n) is 14.8. The minimum Gasteiger partial charge on any atom is -0.508 e. The molecular weight excluding hydrogens is 338 g/mol. The van der Waals surface area contributed by atoms with Crippen LogP contribution in [0.2, 0.25) is 0 Å². The molecule has 0 saturated carbocycles. The van der Waals surface area contributed by atoms with E-state index in [2.05, 4.69) is 15.3 Å². The fourth-order valence-electron chi connectivity index (χ4n) is 3.18. The number of ether oxygens (including phenoxy) is 1. The van der Waals surface area contributed by atoms with Crippen molar-refractivity contribution in [3.8, 4) is 11.5 Å². The summed E-state index contributed by atoms with van der Waals surface area (Å²) < 4.78 is 5.27. The van der Waals surface area contributed by atoms with Gasteiger partial charge in [0.05, 0.1) is 18.7 Å². The number of phenols is 1. The minimum atomic E-state index is -0.307. The first-order valence-electron chi connectivity index (χ1n) is 8.64. The topological polar surface area (TPSA) is 67.3 Å². The van der Waals surface area contributed by atoms with Gasteiger partial charge in [-0.15, -0.1) is 0 Å². The Morgan fingerprint density at radius 2 is 1.70 bits per heavy atom. The van der Waals surface area contributed by atoms with E-state index in [1.54, 1.807) is 25.6 Å². The summed E-state index contributed by atoms with van der Waals surface area (Å²) in [5, 5.41) is 15.0. The Morgan fingerprint density at radius 1 is 0.889 bits per heavy atom. The summed E-state index contributed by atoms with van der Waals surface area (Å²) in [6, 6.07) is 20.5. The highest BCUT2D eigenvalue weighted by atomic mass is 16.5. The molecule has 0 spiro atoms. The van der Waals surface area contributed by atoms with E-state index in [4.69, 9.17) is 4.74 Å². The van der Waals surface area contributed by atoms with Crippen molar-refractivity contribution in [2.45, 2.75) is 6.04 Å². The van der Waals surface area contributed by atoms with E-state index in [0.29, 0.717) is 0 Å². The lowest BCUT2D eigenvalue weighted by atomic mass is 9.94. The lowest BCUT2D eigenvalue weighted by molar-refractivity contribution is 0.414. The molecule has 0 fully saturated rings. The Bertz CT molecular complexity index is 1050. The zero-order valence-corrected chi connectivity index (χ0v) is 14.8. The second kappa shape index (κ2) is 7.33. The van der Waals surface area contributed by atoms with Crippen LogP contribution in [0.5, 0.6) is 11.5 Å². The Labute approximate surface area is 157 Å². The molecule has 5 heteroatoms. The summed E-state index contributed by atoms with van der Waals surface area (Å²) in [5.41, 5.74) is 2.57. The van der Waals surface area contributed by atoms with Gasteiger partial charge in [0.15, 0.2) is 0 Å². The molecule has 1 unspecified atom stereocenters. The lowest BCUT2D eigenvalue weighted by Gasteiger charge is -2.23. The van der Waals surface area contributed by atoms with Crippen LogP contribution in [-0.2, 0) is 0 Å².